The third-order valence-electron chi connectivity index (χ3n) is 2.99. The first-order chi connectivity index (χ1) is 9.51. The van der Waals surface area contributed by atoms with E-state index < -0.39 is 0 Å². The molecule has 6 heteroatoms. The third-order valence-corrected chi connectivity index (χ3v) is 4.31. The Morgan fingerprint density at radius 2 is 2.20 bits per heavy atom. The second-order valence-corrected chi connectivity index (χ2v) is 5.76. The van der Waals surface area contributed by atoms with Crippen molar-refractivity contribution in [1.29, 1.82) is 0 Å². The van der Waals surface area contributed by atoms with Gasteiger partial charge in [0.15, 0.2) is 0 Å². The Bertz CT molecular complexity index is 623. The number of hydrogen-bond donors (Lipinski definition) is 2. The second kappa shape index (κ2) is 6.00. The molecule has 0 aromatic carbocycles. The molecule has 0 spiro atoms. The highest BCUT2D eigenvalue weighted by atomic mass is 32.1. The summed E-state index contributed by atoms with van der Waals surface area (Å²) in [6.45, 7) is 5.80. The maximum atomic E-state index is 12.2. The minimum absolute atomic E-state index is 0.131. The van der Waals surface area contributed by atoms with E-state index in [2.05, 4.69) is 22.2 Å². The molecular weight excluding hydrogens is 272 g/mol. The molecule has 2 rings (SSSR count). The Balaban J connectivity index is 2.12. The van der Waals surface area contributed by atoms with Crippen molar-refractivity contribution in [3.05, 3.63) is 39.6 Å². The Kier molecular flexibility index (Phi) is 4.34. The van der Waals surface area contributed by atoms with Gasteiger partial charge in [-0.2, -0.15) is 0 Å². The number of rotatable bonds is 4. The highest BCUT2D eigenvalue weighted by Crippen LogP contribution is 2.21. The van der Waals surface area contributed by atoms with Gasteiger partial charge in [0.2, 0.25) is 0 Å². The highest BCUT2D eigenvalue weighted by molar-refractivity contribution is 7.11. The summed E-state index contributed by atoms with van der Waals surface area (Å²) in [6, 6.07) is 1.51. The van der Waals surface area contributed by atoms with E-state index in [9.17, 15) is 4.79 Å². The number of nitrogens with one attached hydrogen (secondary N) is 1. The molecular formula is C14H18N4OS. The summed E-state index contributed by atoms with van der Waals surface area (Å²) in [6.07, 6.45) is 4.36. The van der Waals surface area contributed by atoms with Gasteiger partial charge in [-0.3, -0.25) is 9.78 Å². The SMILES string of the molecule is CCc1cnc(C(C)NC(=O)c2cc(N)cnc2C)s1. The quantitative estimate of drug-likeness (QED) is 0.906. The molecule has 1 amide bonds. The second-order valence-electron chi connectivity index (χ2n) is 4.62. The first-order valence-corrected chi connectivity index (χ1v) is 7.30. The summed E-state index contributed by atoms with van der Waals surface area (Å²) in [7, 11) is 0. The van der Waals surface area contributed by atoms with Crippen LogP contribution in [0.4, 0.5) is 5.69 Å². The predicted octanol–water partition coefficient (Wildman–Crippen LogP) is 2.48. The standard InChI is InChI=1S/C14H18N4OS/c1-4-11-7-17-14(20-11)9(3)18-13(19)12-5-10(15)6-16-8(12)2/h5-7,9H,4,15H2,1-3H3,(H,18,19). The fourth-order valence-corrected chi connectivity index (χ4v) is 2.66. The van der Waals surface area contributed by atoms with Crippen molar-refractivity contribution in [1.82, 2.24) is 15.3 Å². The summed E-state index contributed by atoms with van der Waals surface area (Å²) in [5, 5.41) is 3.84. The molecule has 0 saturated carbocycles. The van der Waals surface area contributed by atoms with Crippen LogP contribution in [0.1, 0.15) is 45.8 Å². The van der Waals surface area contributed by atoms with Crippen LogP contribution >= 0.6 is 11.3 Å². The molecule has 0 aliphatic carbocycles. The molecule has 2 heterocycles. The number of amides is 1. The van der Waals surface area contributed by atoms with Gasteiger partial charge in [-0.05, 0) is 26.3 Å². The van der Waals surface area contributed by atoms with Gasteiger partial charge in [-0.1, -0.05) is 6.92 Å². The maximum absolute atomic E-state index is 12.2. The molecule has 5 nitrogen and oxygen atoms in total. The largest absolute Gasteiger partial charge is 0.397 e. The maximum Gasteiger partial charge on any atom is 0.253 e. The Labute approximate surface area is 122 Å². The number of hydrogen-bond acceptors (Lipinski definition) is 5. The number of nitrogen functional groups attached to an aromatic ring is 1. The molecule has 3 N–H and O–H groups in total. The number of thiazole rings is 1. The molecule has 0 aliphatic rings. The lowest BCUT2D eigenvalue weighted by Crippen LogP contribution is -2.27. The van der Waals surface area contributed by atoms with Crippen molar-refractivity contribution in [3.63, 3.8) is 0 Å². The van der Waals surface area contributed by atoms with Crippen molar-refractivity contribution in [2.24, 2.45) is 0 Å². The van der Waals surface area contributed by atoms with Gasteiger partial charge in [0.25, 0.3) is 5.91 Å². The molecule has 2 aromatic heterocycles. The summed E-state index contributed by atoms with van der Waals surface area (Å²) < 4.78 is 0. The number of carbonyl (C=O) groups is 1. The molecule has 0 radical (unpaired) electrons. The number of aromatic nitrogens is 2. The van der Waals surface area contributed by atoms with E-state index in [0.717, 1.165) is 11.4 Å². The molecule has 20 heavy (non-hydrogen) atoms. The first-order valence-electron chi connectivity index (χ1n) is 6.48. The fraction of sp³-hybridized carbons (Fsp3) is 0.357. The van der Waals surface area contributed by atoms with E-state index in [0.29, 0.717) is 16.9 Å². The molecule has 106 valence electrons. The van der Waals surface area contributed by atoms with Gasteiger partial charge >= 0.3 is 0 Å². The van der Waals surface area contributed by atoms with Crippen LogP contribution in [0.5, 0.6) is 0 Å². The van der Waals surface area contributed by atoms with Crippen LogP contribution in [0.2, 0.25) is 0 Å². The molecule has 0 bridgehead atoms. The third kappa shape index (κ3) is 3.14. The fourth-order valence-electron chi connectivity index (χ4n) is 1.80. The zero-order valence-corrected chi connectivity index (χ0v) is 12.6. The lowest BCUT2D eigenvalue weighted by atomic mass is 10.1. The zero-order valence-electron chi connectivity index (χ0n) is 11.8. The summed E-state index contributed by atoms with van der Waals surface area (Å²) in [5.74, 6) is -0.178. The van der Waals surface area contributed by atoms with Gasteiger partial charge in [-0.15, -0.1) is 11.3 Å². The number of anilines is 1. The van der Waals surface area contributed by atoms with E-state index in [1.165, 1.54) is 4.88 Å². The number of carbonyl (C=O) groups excluding carboxylic acids is 1. The average Bonchev–Trinajstić information content (AvgIpc) is 2.90. The van der Waals surface area contributed by atoms with Gasteiger partial charge in [-0.25, -0.2) is 4.98 Å². The topological polar surface area (TPSA) is 80.9 Å². The lowest BCUT2D eigenvalue weighted by Gasteiger charge is -2.12. The van der Waals surface area contributed by atoms with Crippen molar-refractivity contribution in [2.45, 2.75) is 33.2 Å². The van der Waals surface area contributed by atoms with E-state index >= 15 is 0 Å². The summed E-state index contributed by atoms with van der Waals surface area (Å²) in [5.41, 5.74) is 7.33. The van der Waals surface area contributed by atoms with Crippen molar-refractivity contribution >= 4 is 22.9 Å². The van der Waals surface area contributed by atoms with Crippen molar-refractivity contribution in [2.75, 3.05) is 5.73 Å². The predicted molar refractivity (Wildman–Crippen MR) is 80.8 cm³/mol. The van der Waals surface area contributed by atoms with E-state index in [-0.39, 0.29) is 11.9 Å². The highest BCUT2D eigenvalue weighted by Gasteiger charge is 2.16. The van der Waals surface area contributed by atoms with Crippen LogP contribution in [0, 0.1) is 6.92 Å². The van der Waals surface area contributed by atoms with Crippen LogP contribution in [0.3, 0.4) is 0 Å². The Morgan fingerprint density at radius 1 is 1.45 bits per heavy atom. The summed E-state index contributed by atoms with van der Waals surface area (Å²) in [4.78, 5) is 21.9. The smallest absolute Gasteiger partial charge is 0.253 e. The number of aryl methyl sites for hydroxylation is 2. The van der Waals surface area contributed by atoms with Gasteiger partial charge < -0.3 is 11.1 Å². The van der Waals surface area contributed by atoms with Crippen LogP contribution in [-0.2, 0) is 6.42 Å². The van der Waals surface area contributed by atoms with Crippen LogP contribution < -0.4 is 11.1 Å². The molecule has 0 saturated heterocycles. The van der Waals surface area contributed by atoms with E-state index in [1.807, 2.05) is 13.1 Å². The van der Waals surface area contributed by atoms with E-state index in [1.54, 1.807) is 30.5 Å². The Morgan fingerprint density at radius 3 is 2.85 bits per heavy atom. The molecule has 0 aliphatic heterocycles. The average molecular weight is 290 g/mol. The van der Waals surface area contributed by atoms with E-state index in [4.69, 9.17) is 5.73 Å². The van der Waals surface area contributed by atoms with Gasteiger partial charge in [0.1, 0.15) is 5.01 Å². The minimum atomic E-state index is -0.178. The Hall–Kier alpha value is -1.95. The van der Waals surface area contributed by atoms with Crippen molar-refractivity contribution in [3.8, 4) is 0 Å². The molecule has 1 atom stereocenters. The number of nitrogens with zero attached hydrogens (tertiary/aromatic N) is 2. The normalized spacial score (nSPS) is 12.2. The molecule has 2 aromatic rings. The lowest BCUT2D eigenvalue weighted by molar-refractivity contribution is 0.0939. The molecule has 0 fully saturated rings. The monoisotopic (exact) mass is 290 g/mol. The number of nitrogens with two attached hydrogens (primary N) is 1. The van der Waals surface area contributed by atoms with Gasteiger partial charge in [0, 0.05) is 11.1 Å². The summed E-state index contributed by atoms with van der Waals surface area (Å²) >= 11 is 1.62. The van der Waals surface area contributed by atoms with Crippen molar-refractivity contribution < 1.29 is 4.79 Å². The first kappa shape index (κ1) is 14.5. The minimum Gasteiger partial charge on any atom is -0.397 e. The van der Waals surface area contributed by atoms with Crippen LogP contribution in [0.25, 0.3) is 0 Å². The number of pyridine rings is 1. The van der Waals surface area contributed by atoms with Gasteiger partial charge in [0.05, 0.1) is 29.2 Å². The zero-order chi connectivity index (χ0) is 14.7. The van der Waals surface area contributed by atoms with Crippen LogP contribution in [0.15, 0.2) is 18.5 Å². The van der Waals surface area contributed by atoms with Crippen LogP contribution in [-0.4, -0.2) is 15.9 Å². The molecule has 1 unspecified atom stereocenters.